The highest BCUT2D eigenvalue weighted by Crippen LogP contribution is 2.49. The Balaban J connectivity index is 1.45. The van der Waals surface area contributed by atoms with E-state index in [4.69, 9.17) is 18.6 Å². The van der Waals surface area contributed by atoms with Gasteiger partial charge in [0.2, 0.25) is 0 Å². The SMILES string of the molecule is CCON(c1ccc(F)cc1)C1(C(=O)OP(=O)(O)OC[C@H]2O[C@@H](n3cc(/C=C/Br)c(=O)[nH]c3=O)C[C@@H]2O)CCCC1. The molecule has 2 heterocycles. The Kier molecular flexibility index (Phi) is 10.0. The van der Waals surface area contributed by atoms with Crippen LogP contribution in [0.2, 0.25) is 0 Å². The molecule has 4 rings (SSSR count). The van der Waals surface area contributed by atoms with E-state index in [0.717, 1.165) is 4.57 Å². The number of anilines is 1. The van der Waals surface area contributed by atoms with Gasteiger partial charge in [-0.05, 0) is 55.1 Å². The van der Waals surface area contributed by atoms with Crippen LogP contribution in [0.3, 0.4) is 0 Å². The number of hydroxylamine groups is 1. The maximum Gasteiger partial charge on any atom is 0.529 e. The Morgan fingerprint density at radius 1 is 1.32 bits per heavy atom. The molecular formula is C25H30BrFN3O10P. The Hall–Kier alpha value is -2.65. The third-order valence-corrected chi connectivity index (χ3v) is 8.01. The maximum atomic E-state index is 13.5. The van der Waals surface area contributed by atoms with Gasteiger partial charge in [-0.2, -0.15) is 0 Å². The molecule has 16 heteroatoms. The fourth-order valence-corrected chi connectivity index (χ4v) is 5.97. The summed E-state index contributed by atoms with van der Waals surface area (Å²) in [6, 6.07) is 5.26. The number of hydrogen-bond acceptors (Lipinski definition) is 10. The molecule has 1 unspecified atom stereocenters. The van der Waals surface area contributed by atoms with Gasteiger partial charge >= 0.3 is 19.5 Å². The number of ether oxygens (including phenoxy) is 1. The summed E-state index contributed by atoms with van der Waals surface area (Å²) in [4.78, 5) is 57.4. The Morgan fingerprint density at radius 3 is 2.63 bits per heavy atom. The first-order chi connectivity index (χ1) is 19.5. The molecule has 13 nitrogen and oxygen atoms in total. The van der Waals surface area contributed by atoms with Crippen LogP contribution in [0.4, 0.5) is 10.1 Å². The molecule has 1 saturated heterocycles. The molecule has 2 aromatic rings. The van der Waals surface area contributed by atoms with E-state index in [-0.39, 0.29) is 31.4 Å². The third kappa shape index (κ3) is 7.05. The predicted octanol–water partition coefficient (Wildman–Crippen LogP) is 3.12. The monoisotopic (exact) mass is 661 g/mol. The van der Waals surface area contributed by atoms with Gasteiger partial charge in [-0.25, -0.2) is 23.6 Å². The minimum Gasteiger partial charge on any atom is -0.390 e. The number of H-pyrrole nitrogens is 1. The van der Waals surface area contributed by atoms with Gasteiger partial charge in [-0.15, -0.1) is 0 Å². The summed E-state index contributed by atoms with van der Waals surface area (Å²) in [5.41, 5.74) is -2.35. The van der Waals surface area contributed by atoms with Crippen LogP contribution >= 0.6 is 23.8 Å². The van der Waals surface area contributed by atoms with Gasteiger partial charge in [0.1, 0.15) is 18.1 Å². The van der Waals surface area contributed by atoms with E-state index >= 15 is 0 Å². The number of halogens is 2. The second-order valence-corrected chi connectivity index (χ2v) is 11.5. The first-order valence-electron chi connectivity index (χ1n) is 12.9. The van der Waals surface area contributed by atoms with Crippen molar-refractivity contribution in [3.63, 3.8) is 0 Å². The second kappa shape index (κ2) is 13.1. The molecule has 0 bridgehead atoms. The van der Waals surface area contributed by atoms with Gasteiger partial charge in [-0.1, -0.05) is 28.8 Å². The number of aliphatic hydroxyl groups is 1. The van der Waals surface area contributed by atoms with Gasteiger partial charge in [0.05, 0.1) is 30.6 Å². The number of nitrogens with one attached hydrogen (secondary N) is 1. The van der Waals surface area contributed by atoms with Crippen LogP contribution in [-0.2, 0) is 28.0 Å². The quantitative estimate of drug-likeness (QED) is 0.239. The summed E-state index contributed by atoms with van der Waals surface area (Å²) in [5.74, 6) is -1.54. The molecular weight excluding hydrogens is 632 g/mol. The van der Waals surface area contributed by atoms with Crippen LogP contribution in [0, 0.1) is 5.82 Å². The number of phosphoric ester groups is 1. The molecule has 1 aromatic heterocycles. The highest BCUT2D eigenvalue weighted by molar-refractivity contribution is 9.11. The van der Waals surface area contributed by atoms with E-state index in [9.17, 15) is 33.3 Å². The van der Waals surface area contributed by atoms with Crippen LogP contribution in [0.5, 0.6) is 0 Å². The lowest BCUT2D eigenvalue weighted by atomic mass is 9.96. The average molecular weight is 662 g/mol. The lowest BCUT2D eigenvalue weighted by Gasteiger charge is -2.39. The number of phosphoric acid groups is 1. The topological polar surface area (TPSA) is 170 Å². The summed E-state index contributed by atoms with van der Waals surface area (Å²) < 4.78 is 43.1. The summed E-state index contributed by atoms with van der Waals surface area (Å²) in [7, 11) is -5.02. The first-order valence-corrected chi connectivity index (χ1v) is 15.3. The number of carbonyl (C=O) groups excluding carboxylic acids is 1. The lowest BCUT2D eigenvalue weighted by molar-refractivity contribution is -0.146. The largest absolute Gasteiger partial charge is 0.529 e. The molecule has 4 atom stereocenters. The standard InChI is InChI=1S/C25H30BrFN3O10P/c1-2-37-30(18-7-5-17(27)6-8-18)25(10-3-4-11-25)23(33)40-41(35,36)38-15-20-19(31)13-21(39-20)29-14-16(9-12-26)22(32)28-24(29)34/h5-9,12,14,19-21,31H,2-4,10-11,13,15H2,1H3,(H,35,36)(H,28,32,34)/b12-9+/t19-,20+,21+/m0/s1. The van der Waals surface area contributed by atoms with Gasteiger partial charge in [0.15, 0.2) is 5.54 Å². The van der Waals surface area contributed by atoms with Gasteiger partial charge in [0, 0.05) is 12.6 Å². The van der Waals surface area contributed by atoms with Crippen molar-refractivity contribution in [3.05, 3.63) is 67.7 Å². The van der Waals surface area contributed by atoms with Gasteiger partial charge < -0.3 is 14.4 Å². The number of carbonyl (C=O) groups is 1. The van der Waals surface area contributed by atoms with E-state index in [0.29, 0.717) is 18.5 Å². The van der Waals surface area contributed by atoms with Gasteiger partial charge in [-0.3, -0.25) is 28.6 Å². The average Bonchev–Trinajstić information content (AvgIpc) is 3.56. The van der Waals surface area contributed by atoms with Crippen LogP contribution in [0.15, 0.2) is 45.0 Å². The fraction of sp³-hybridized carbons (Fsp3) is 0.480. The van der Waals surface area contributed by atoms with Crippen molar-refractivity contribution >= 4 is 41.5 Å². The summed E-state index contributed by atoms with van der Waals surface area (Å²) in [5, 5.41) is 11.8. The molecule has 2 aliphatic rings. The molecule has 1 saturated carbocycles. The molecule has 3 N–H and O–H groups in total. The minimum absolute atomic E-state index is 0.0863. The maximum absolute atomic E-state index is 13.5. The van der Waals surface area contributed by atoms with Crippen molar-refractivity contribution < 1.29 is 42.4 Å². The normalized spacial score (nSPS) is 23.5. The van der Waals surface area contributed by atoms with Crippen molar-refractivity contribution in [2.75, 3.05) is 18.3 Å². The Labute approximate surface area is 242 Å². The molecule has 41 heavy (non-hydrogen) atoms. The zero-order valence-corrected chi connectivity index (χ0v) is 24.5. The van der Waals surface area contributed by atoms with Crippen molar-refractivity contribution in [2.24, 2.45) is 0 Å². The van der Waals surface area contributed by atoms with Crippen molar-refractivity contribution in [3.8, 4) is 0 Å². The highest BCUT2D eigenvalue weighted by atomic mass is 79.9. The van der Waals surface area contributed by atoms with E-state index in [2.05, 4.69) is 20.9 Å². The first kappa shape index (κ1) is 31.3. The fourth-order valence-electron chi connectivity index (χ4n) is 4.92. The number of aromatic nitrogens is 2. The third-order valence-electron chi connectivity index (χ3n) is 6.87. The summed E-state index contributed by atoms with van der Waals surface area (Å²) in [6.45, 7) is 1.21. The Morgan fingerprint density at radius 2 is 2.00 bits per heavy atom. The number of aromatic amines is 1. The molecule has 0 spiro atoms. The lowest BCUT2D eigenvalue weighted by Crippen LogP contribution is -2.53. The van der Waals surface area contributed by atoms with Crippen molar-refractivity contribution in [1.82, 2.24) is 9.55 Å². The number of benzene rings is 1. The van der Waals surface area contributed by atoms with E-state index in [1.807, 2.05) is 0 Å². The molecule has 2 fully saturated rings. The van der Waals surface area contributed by atoms with Crippen molar-refractivity contribution in [1.29, 1.82) is 0 Å². The zero-order valence-electron chi connectivity index (χ0n) is 22.0. The van der Waals surface area contributed by atoms with E-state index in [1.165, 1.54) is 46.6 Å². The van der Waals surface area contributed by atoms with Crippen LogP contribution in [0.1, 0.15) is 50.8 Å². The zero-order chi connectivity index (χ0) is 29.8. The molecule has 0 amide bonds. The number of aliphatic hydroxyl groups excluding tert-OH is 1. The van der Waals surface area contributed by atoms with Crippen molar-refractivity contribution in [2.45, 2.75) is 63.0 Å². The number of nitrogens with zero attached hydrogens (tertiary/aromatic N) is 2. The smallest absolute Gasteiger partial charge is 0.390 e. The number of rotatable bonds is 11. The van der Waals surface area contributed by atoms with Gasteiger partial charge in [0.25, 0.3) is 5.56 Å². The Bertz CT molecular complexity index is 1430. The predicted molar refractivity (Wildman–Crippen MR) is 147 cm³/mol. The van der Waals surface area contributed by atoms with Crippen LogP contribution in [-0.4, -0.2) is 56.5 Å². The molecule has 0 radical (unpaired) electrons. The van der Waals surface area contributed by atoms with Crippen LogP contribution in [0.25, 0.3) is 6.08 Å². The van der Waals surface area contributed by atoms with E-state index in [1.54, 1.807) is 6.92 Å². The minimum atomic E-state index is -5.02. The summed E-state index contributed by atoms with van der Waals surface area (Å²) in [6.07, 6.45) is 0.909. The molecule has 1 aromatic carbocycles. The van der Waals surface area contributed by atoms with E-state index < -0.39 is 61.4 Å². The second-order valence-electron chi connectivity index (χ2n) is 9.55. The molecule has 1 aliphatic heterocycles. The highest BCUT2D eigenvalue weighted by Gasteiger charge is 2.52. The number of hydrogen-bond donors (Lipinski definition) is 3. The molecule has 224 valence electrons. The molecule has 1 aliphatic carbocycles. The van der Waals surface area contributed by atoms with Crippen LogP contribution < -0.4 is 16.3 Å². The summed E-state index contributed by atoms with van der Waals surface area (Å²) >= 11 is 3.06.